The Morgan fingerprint density at radius 1 is 1.15 bits per heavy atom. The number of rotatable bonds is 5. The number of carbonyl (C=O) groups is 1. The SMILES string of the molecule is CNc1ncc(Cc2cccc(C)c2)c2cc(NC(=O)C3CC3)ncc12. The third kappa shape index (κ3) is 3.38. The molecule has 26 heavy (non-hydrogen) atoms. The van der Waals surface area contributed by atoms with Crippen molar-refractivity contribution in [1.82, 2.24) is 9.97 Å². The van der Waals surface area contributed by atoms with Gasteiger partial charge in [-0.1, -0.05) is 29.8 Å². The van der Waals surface area contributed by atoms with Crippen LogP contribution >= 0.6 is 0 Å². The summed E-state index contributed by atoms with van der Waals surface area (Å²) in [7, 11) is 1.85. The highest BCUT2D eigenvalue weighted by molar-refractivity contribution is 5.98. The highest BCUT2D eigenvalue weighted by atomic mass is 16.2. The minimum absolute atomic E-state index is 0.0694. The van der Waals surface area contributed by atoms with Gasteiger partial charge in [0.05, 0.1) is 0 Å². The van der Waals surface area contributed by atoms with Crippen LogP contribution in [0.2, 0.25) is 0 Å². The Morgan fingerprint density at radius 3 is 2.73 bits per heavy atom. The minimum Gasteiger partial charge on any atom is -0.373 e. The molecule has 2 aromatic heterocycles. The van der Waals surface area contributed by atoms with E-state index in [4.69, 9.17) is 0 Å². The van der Waals surface area contributed by atoms with E-state index < -0.39 is 0 Å². The Bertz CT molecular complexity index is 979. The summed E-state index contributed by atoms with van der Waals surface area (Å²) in [6.45, 7) is 2.10. The normalized spacial score (nSPS) is 13.6. The number of pyridine rings is 2. The van der Waals surface area contributed by atoms with Gasteiger partial charge < -0.3 is 10.6 Å². The predicted octanol–water partition coefficient (Wildman–Crippen LogP) is 3.92. The molecule has 0 radical (unpaired) electrons. The summed E-state index contributed by atoms with van der Waals surface area (Å²) in [6.07, 6.45) is 6.44. The maximum atomic E-state index is 12.1. The molecule has 2 N–H and O–H groups in total. The number of aromatic nitrogens is 2. The lowest BCUT2D eigenvalue weighted by Gasteiger charge is -2.12. The lowest BCUT2D eigenvalue weighted by molar-refractivity contribution is -0.117. The second-order valence-electron chi connectivity index (χ2n) is 6.93. The van der Waals surface area contributed by atoms with Crippen LogP contribution in [0.25, 0.3) is 10.8 Å². The molecule has 1 amide bonds. The third-order valence-corrected chi connectivity index (χ3v) is 4.77. The van der Waals surface area contributed by atoms with Crippen LogP contribution in [-0.2, 0) is 11.2 Å². The van der Waals surface area contributed by atoms with Gasteiger partial charge in [-0.2, -0.15) is 0 Å². The van der Waals surface area contributed by atoms with Gasteiger partial charge in [0.15, 0.2) is 0 Å². The Hall–Kier alpha value is -2.95. The Balaban J connectivity index is 1.74. The molecular weight excluding hydrogens is 324 g/mol. The number of amides is 1. The topological polar surface area (TPSA) is 66.9 Å². The number of nitrogens with zero attached hydrogens (tertiary/aromatic N) is 2. The Labute approximate surface area is 152 Å². The second kappa shape index (κ2) is 6.75. The first-order valence-electron chi connectivity index (χ1n) is 8.96. The standard InChI is InChI=1S/C21H22N4O/c1-13-4-3-5-14(8-13)9-16-11-24-20(22-2)18-12-23-19(10-17(16)18)25-21(26)15-6-7-15/h3-5,8,10-12,15H,6-7,9H2,1-2H3,(H,22,24)(H,23,25,26). The lowest BCUT2D eigenvalue weighted by atomic mass is 10.00. The molecule has 0 spiro atoms. The molecule has 0 unspecified atom stereocenters. The van der Waals surface area contributed by atoms with Gasteiger partial charge in [-0.25, -0.2) is 9.97 Å². The number of anilines is 2. The Morgan fingerprint density at radius 2 is 2.00 bits per heavy atom. The van der Waals surface area contributed by atoms with Gasteiger partial charge in [0.25, 0.3) is 0 Å². The van der Waals surface area contributed by atoms with Crippen molar-refractivity contribution in [1.29, 1.82) is 0 Å². The van der Waals surface area contributed by atoms with Crippen LogP contribution in [-0.4, -0.2) is 22.9 Å². The van der Waals surface area contributed by atoms with Crippen molar-refractivity contribution in [3.63, 3.8) is 0 Å². The van der Waals surface area contributed by atoms with Crippen molar-refractivity contribution < 1.29 is 4.79 Å². The summed E-state index contributed by atoms with van der Waals surface area (Å²) in [5.74, 6) is 1.62. The van der Waals surface area contributed by atoms with Crippen LogP contribution in [0.1, 0.15) is 29.5 Å². The van der Waals surface area contributed by atoms with E-state index in [-0.39, 0.29) is 11.8 Å². The fraction of sp³-hybridized carbons (Fsp3) is 0.286. The van der Waals surface area contributed by atoms with Crippen molar-refractivity contribution >= 4 is 28.3 Å². The van der Waals surface area contributed by atoms with Gasteiger partial charge in [-0.05, 0) is 48.8 Å². The molecule has 132 valence electrons. The summed E-state index contributed by atoms with van der Waals surface area (Å²) < 4.78 is 0. The highest BCUT2D eigenvalue weighted by Crippen LogP contribution is 2.31. The Kier molecular flexibility index (Phi) is 4.29. The van der Waals surface area contributed by atoms with E-state index in [1.54, 1.807) is 6.20 Å². The van der Waals surface area contributed by atoms with Crippen LogP contribution in [0.5, 0.6) is 0 Å². The molecule has 0 saturated heterocycles. The third-order valence-electron chi connectivity index (χ3n) is 4.77. The number of aryl methyl sites for hydroxylation is 1. The van der Waals surface area contributed by atoms with E-state index >= 15 is 0 Å². The van der Waals surface area contributed by atoms with Crippen LogP contribution in [0.3, 0.4) is 0 Å². The summed E-state index contributed by atoms with van der Waals surface area (Å²) in [5.41, 5.74) is 3.60. The smallest absolute Gasteiger partial charge is 0.228 e. The van der Waals surface area contributed by atoms with Crippen molar-refractivity contribution in [2.45, 2.75) is 26.2 Å². The zero-order chi connectivity index (χ0) is 18.1. The lowest BCUT2D eigenvalue weighted by Crippen LogP contribution is -2.14. The number of nitrogens with one attached hydrogen (secondary N) is 2. The molecule has 1 aliphatic carbocycles. The van der Waals surface area contributed by atoms with Gasteiger partial charge in [0.2, 0.25) is 5.91 Å². The molecular formula is C21H22N4O. The van der Waals surface area contributed by atoms with Crippen LogP contribution in [0.15, 0.2) is 42.7 Å². The number of hydrogen-bond donors (Lipinski definition) is 2. The average molecular weight is 346 g/mol. The molecule has 4 rings (SSSR count). The average Bonchev–Trinajstić information content (AvgIpc) is 3.47. The number of fused-ring (bicyclic) bond motifs is 1. The van der Waals surface area contributed by atoms with E-state index in [9.17, 15) is 4.79 Å². The molecule has 0 atom stereocenters. The summed E-state index contributed by atoms with van der Waals surface area (Å²) in [5, 5.41) is 8.09. The first-order valence-corrected chi connectivity index (χ1v) is 8.96. The predicted molar refractivity (Wildman–Crippen MR) is 104 cm³/mol. The second-order valence-corrected chi connectivity index (χ2v) is 6.93. The zero-order valence-electron chi connectivity index (χ0n) is 15.0. The van der Waals surface area contributed by atoms with Crippen molar-refractivity contribution in [2.75, 3.05) is 17.7 Å². The van der Waals surface area contributed by atoms with Crippen molar-refractivity contribution in [2.24, 2.45) is 5.92 Å². The first kappa shape index (κ1) is 16.5. The summed E-state index contributed by atoms with van der Waals surface area (Å²) in [6, 6.07) is 10.4. The van der Waals surface area contributed by atoms with Crippen LogP contribution < -0.4 is 10.6 Å². The first-order chi connectivity index (χ1) is 12.6. The number of hydrogen-bond acceptors (Lipinski definition) is 4. The fourth-order valence-corrected chi connectivity index (χ4v) is 3.22. The molecule has 1 fully saturated rings. The molecule has 1 saturated carbocycles. The van der Waals surface area contributed by atoms with Crippen molar-refractivity contribution in [3.05, 3.63) is 59.4 Å². The van der Waals surface area contributed by atoms with Crippen LogP contribution in [0, 0.1) is 12.8 Å². The zero-order valence-corrected chi connectivity index (χ0v) is 15.0. The van der Waals surface area contributed by atoms with Crippen LogP contribution in [0.4, 0.5) is 11.6 Å². The fourth-order valence-electron chi connectivity index (χ4n) is 3.22. The molecule has 1 aliphatic rings. The maximum absolute atomic E-state index is 12.1. The van der Waals surface area contributed by atoms with E-state index in [1.807, 2.05) is 19.3 Å². The molecule has 3 aromatic rings. The highest BCUT2D eigenvalue weighted by Gasteiger charge is 2.29. The molecule has 2 heterocycles. The van der Waals surface area contributed by atoms with Gasteiger partial charge in [-0.3, -0.25) is 4.79 Å². The van der Waals surface area contributed by atoms with E-state index in [2.05, 4.69) is 51.8 Å². The van der Waals surface area contributed by atoms with Gasteiger partial charge in [0, 0.05) is 30.7 Å². The summed E-state index contributed by atoms with van der Waals surface area (Å²) in [4.78, 5) is 21.0. The van der Waals surface area contributed by atoms with Crippen molar-refractivity contribution in [3.8, 4) is 0 Å². The monoisotopic (exact) mass is 346 g/mol. The van der Waals surface area contributed by atoms with Gasteiger partial charge in [-0.15, -0.1) is 0 Å². The van der Waals surface area contributed by atoms with E-state index in [0.717, 1.165) is 41.4 Å². The molecule has 5 heteroatoms. The molecule has 0 aliphatic heterocycles. The molecule has 5 nitrogen and oxygen atoms in total. The molecule has 0 bridgehead atoms. The molecule has 1 aromatic carbocycles. The number of carbonyl (C=O) groups excluding carboxylic acids is 1. The summed E-state index contributed by atoms with van der Waals surface area (Å²) >= 11 is 0. The maximum Gasteiger partial charge on any atom is 0.228 e. The van der Waals surface area contributed by atoms with E-state index in [1.165, 1.54) is 11.1 Å². The number of benzene rings is 1. The van der Waals surface area contributed by atoms with Gasteiger partial charge in [0.1, 0.15) is 11.6 Å². The quantitative estimate of drug-likeness (QED) is 0.735. The van der Waals surface area contributed by atoms with Gasteiger partial charge >= 0.3 is 0 Å². The minimum atomic E-state index is 0.0694. The van der Waals surface area contributed by atoms with E-state index in [0.29, 0.717) is 5.82 Å². The largest absolute Gasteiger partial charge is 0.373 e.